The highest BCUT2D eigenvalue weighted by Gasteiger charge is 2.18. The first-order chi connectivity index (χ1) is 31.5. The van der Waals surface area contributed by atoms with Gasteiger partial charge in [-0.1, -0.05) is 263 Å². The molecule has 0 aromatic rings. The fourth-order valence-electron chi connectivity index (χ4n) is 8.81. The number of carbonyl (C=O) groups excluding carboxylic acids is 2. The summed E-state index contributed by atoms with van der Waals surface area (Å²) >= 11 is 0. The van der Waals surface area contributed by atoms with Gasteiger partial charge < -0.3 is 20.3 Å². The first kappa shape index (κ1) is 62.3. The monoisotopic (exact) mass is 902 g/mol. The van der Waals surface area contributed by atoms with Gasteiger partial charge in [0.05, 0.1) is 25.4 Å². The molecule has 0 saturated heterocycles. The minimum absolute atomic E-state index is 0.0106. The molecule has 0 rings (SSSR count). The van der Waals surface area contributed by atoms with Gasteiger partial charge in [0.25, 0.3) is 0 Å². The van der Waals surface area contributed by atoms with Crippen molar-refractivity contribution >= 4 is 11.9 Å². The normalized spacial score (nSPS) is 12.8. The lowest BCUT2D eigenvalue weighted by molar-refractivity contribution is -0.143. The minimum atomic E-state index is -0.847. The molecular weight excluding hydrogens is 791 g/mol. The number of allylic oxidation sites excluding steroid dienone is 3. The van der Waals surface area contributed by atoms with E-state index in [2.05, 4.69) is 31.3 Å². The summed E-state index contributed by atoms with van der Waals surface area (Å²) in [6.07, 6.45) is 64.9. The van der Waals surface area contributed by atoms with Crippen LogP contribution in [0.3, 0.4) is 0 Å². The lowest BCUT2D eigenvalue weighted by atomic mass is 10.0. The van der Waals surface area contributed by atoms with Gasteiger partial charge in [0.2, 0.25) is 5.91 Å². The summed E-state index contributed by atoms with van der Waals surface area (Å²) in [5, 5.41) is 23.0. The minimum Gasteiger partial charge on any atom is -0.466 e. The second-order valence-electron chi connectivity index (χ2n) is 19.6. The molecule has 0 spiro atoms. The molecule has 1 amide bonds. The molecule has 0 fully saturated rings. The van der Waals surface area contributed by atoms with Crippen LogP contribution in [0.4, 0.5) is 0 Å². The van der Waals surface area contributed by atoms with Gasteiger partial charge in [0.1, 0.15) is 0 Å². The summed E-state index contributed by atoms with van der Waals surface area (Å²) < 4.78 is 5.46. The van der Waals surface area contributed by atoms with Crippen molar-refractivity contribution in [1.29, 1.82) is 0 Å². The number of hydrogen-bond donors (Lipinski definition) is 3. The van der Waals surface area contributed by atoms with Crippen LogP contribution in [0.1, 0.15) is 309 Å². The molecule has 0 bridgehead atoms. The van der Waals surface area contributed by atoms with E-state index in [0.717, 1.165) is 44.9 Å². The van der Waals surface area contributed by atoms with Gasteiger partial charge in [-0.15, -0.1) is 0 Å². The number of unbranched alkanes of at least 4 members (excludes halogenated alkanes) is 40. The quantitative estimate of drug-likeness (QED) is 0.0321. The molecule has 6 nitrogen and oxygen atoms in total. The second kappa shape index (κ2) is 54.0. The van der Waals surface area contributed by atoms with Crippen LogP contribution in [0.2, 0.25) is 0 Å². The van der Waals surface area contributed by atoms with Gasteiger partial charge in [0.15, 0.2) is 0 Å². The van der Waals surface area contributed by atoms with E-state index in [9.17, 15) is 19.8 Å². The molecule has 0 aliphatic carbocycles. The Morgan fingerprint density at radius 1 is 0.422 bits per heavy atom. The summed E-state index contributed by atoms with van der Waals surface area (Å²) in [6.45, 7) is 4.90. The van der Waals surface area contributed by atoms with Crippen LogP contribution in [-0.4, -0.2) is 47.4 Å². The molecule has 0 radical (unpaired) electrons. The average molecular weight is 903 g/mol. The Balaban J connectivity index is 3.43. The molecule has 0 aliphatic rings. The topological polar surface area (TPSA) is 95.9 Å². The SMILES string of the molecule is CCCCCCCCCCCCC/C=C/C(O)C(CO)NC(=O)CCCCCCCCC/C=C\CCCCCCCCCCCCCCOC(=O)CCCCCCCCCCCCC. The lowest BCUT2D eigenvalue weighted by Gasteiger charge is -2.20. The third-order valence-corrected chi connectivity index (χ3v) is 13.2. The number of aliphatic hydroxyl groups excluding tert-OH is 2. The molecular formula is C58H111NO5. The molecule has 0 heterocycles. The highest BCUT2D eigenvalue weighted by Crippen LogP contribution is 2.16. The molecule has 378 valence electrons. The Morgan fingerprint density at radius 2 is 0.734 bits per heavy atom. The summed E-state index contributed by atoms with van der Waals surface area (Å²) in [6, 6.07) is -0.631. The van der Waals surface area contributed by atoms with E-state index in [1.807, 2.05) is 6.08 Å². The van der Waals surface area contributed by atoms with Crippen LogP contribution in [0.5, 0.6) is 0 Å². The molecule has 3 N–H and O–H groups in total. The Hall–Kier alpha value is -1.66. The summed E-state index contributed by atoms with van der Waals surface area (Å²) in [7, 11) is 0. The van der Waals surface area contributed by atoms with Gasteiger partial charge in [-0.05, 0) is 57.8 Å². The maximum atomic E-state index is 12.4. The molecule has 64 heavy (non-hydrogen) atoms. The van der Waals surface area contributed by atoms with Crippen LogP contribution >= 0.6 is 0 Å². The van der Waals surface area contributed by atoms with Crippen molar-refractivity contribution in [3.05, 3.63) is 24.3 Å². The van der Waals surface area contributed by atoms with E-state index in [4.69, 9.17) is 4.74 Å². The predicted octanol–water partition coefficient (Wildman–Crippen LogP) is 17.5. The van der Waals surface area contributed by atoms with Crippen molar-refractivity contribution in [2.45, 2.75) is 321 Å². The molecule has 2 atom stereocenters. The first-order valence-corrected chi connectivity index (χ1v) is 28.6. The van der Waals surface area contributed by atoms with Gasteiger partial charge >= 0.3 is 5.97 Å². The number of esters is 1. The van der Waals surface area contributed by atoms with Crippen molar-refractivity contribution in [2.24, 2.45) is 0 Å². The standard InChI is InChI=1S/C58H111NO5/c1-3-5-7-9-11-13-15-27-31-34-38-42-46-50-56(61)55(54-60)59-57(62)51-47-43-39-35-32-28-25-23-21-19-17-16-18-20-22-24-26-29-33-37-41-45-49-53-64-58(63)52-48-44-40-36-30-14-12-10-8-6-4-2/h19,21,46,50,55-56,60-61H,3-18,20,22-45,47-49,51-54H2,1-2H3,(H,59,62)/b21-19-,50-46+. The third kappa shape index (κ3) is 49.8. The van der Waals surface area contributed by atoms with E-state index in [0.29, 0.717) is 19.4 Å². The van der Waals surface area contributed by atoms with Crippen LogP contribution in [0.25, 0.3) is 0 Å². The van der Waals surface area contributed by atoms with Gasteiger partial charge in [-0.25, -0.2) is 0 Å². The van der Waals surface area contributed by atoms with Crippen molar-refractivity contribution in [3.8, 4) is 0 Å². The zero-order valence-corrected chi connectivity index (χ0v) is 43.0. The van der Waals surface area contributed by atoms with E-state index in [1.165, 1.54) is 238 Å². The lowest BCUT2D eigenvalue weighted by Crippen LogP contribution is -2.45. The highest BCUT2D eigenvalue weighted by molar-refractivity contribution is 5.76. The zero-order chi connectivity index (χ0) is 46.5. The smallest absolute Gasteiger partial charge is 0.305 e. The van der Waals surface area contributed by atoms with Crippen LogP contribution < -0.4 is 5.32 Å². The summed E-state index contributed by atoms with van der Waals surface area (Å²) in [4.78, 5) is 24.4. The molecule has 0 aliphatic heterocycles. The fourth-order valence-corrected chi connectivity index (χ4v) is 8.81. The number of nitrogens with one attached hydrogen (secondary N) is 1. The highest BCUT2D eigenvalue weighted by atomic mass is 16.5. The Morgan fingerprint density at radius 3 is 1.11 bits per heavy atom. The Kier molecular flexibility index (Phi) is 52.6. The predicted molar refractivity (Wildman–Crippen MR) is 278 cm³/mol. The van der Waals surface area contributed by atoms with E-state index >= 15 is 0 Å². The average Bonchev–Trinajstić information content (AvgIpc) is 3.29. The van der Waals surface area contributed by atoms with Gasteiger partial charge in [-0.2, -0.15) is 0 Å². The molecule has 0 aromatic heterocycles. The molecule has 0 saturated carbocycles. The number of hydrogen-bond acceptors (Lipinski definition) is 5. The number of ether oxygens (including phenoxy) is 1. The van der Waals surface area contributed by atoms with Crippen LogP contribution in [-0.2, 0) is 14.3 Å². The molecule has 6 heteroatoms. The van der Waals surface area contributed by atoms with Crippen LogP contribution in [0, 0.1) is 0 Å². The van der Waals surface area contributed by atoms with Crippen molar-refractivity contribution in [1.82, 2.24) is 5.32 Å². The summed E-state index contributed by atoms with van der Waals surface area (Å²) in [5.41, 5.74) is 0. The summed E-state index contributed by atoms with van der Waals surface area (Å²) in [5.74, 6) is -0.0635. The van der Waals surface area contributed by atoms with Gasteiger partial charge in [-0.3, -0.25) is 9.59 Å². The fraction of sp³-hybridized carbons (Fsp3) is 0.897. The van der Waals surface area contributed by atoms with E-state index in [1.54, 1.807) is 6.08 Å². The van der Waals surface area contributed by atoms with Crippen molar-refractivity contribution < 1.29 is 24.5 Å². The van der Waals surface area contributed by atoms with E-state index in [-0.39, 0.29) is 18.5 Å². The number of rotatable bonds is 53. The third-order valence-electron chi connectivity index (χ3n) is 13.2. The Labute approximate surface area is 399 Å². The maximum Gasteiger partial charge on any atom is 0.305 e. The maximum absolute atomic E-state index is 12.4. The van der Waals surface area contributed by atoms with Crippen molar-refractivity contribution in [2.75, 3.05) is 13.2 Å². The van der Waals surface area contributed by atoms with E-state index < -0.39 is 12.1 Å². The first-order valence-electron chi connectivity index (χ1n) is 28.6. The van der Waals surface area contributed by atoms with Gasteiger partial charge in [0, 0.05) is 12.8 Å². The number of aliphatic hydroxyl groups is 2. The van der Waals surface area contributed by atoms with Crippen LogP contribution in [0.15, 0.2) is 24.3 Å². The zero-order valence-electron chi connectivity index (χ0n) is 43.0. The number of amides is 1. The molecule has 2 unspecified atom stereocenters. The largest absolute Gasteiger partial charge is 0.466 e. The van der Waals surface area contributed by atoms with Crippen molar-refractivity contribution in [3.63, 3.8) is 0 Å². The molecule has 0 aromatic carbocycles. The second-order valence-corrected chi connectivity index (χ2v) is 19.6. The number of carbonyl (C=O) groups is 2. The Bertz CT molecular complexity index is 997.